The topological polar surface area (TPSA) is 40.5 Å². The molecule has 0 spiro atoms. The fourth-order valence-corrected chi connectivity index (χ4v) is 0.544. The quantitative estimate of drug-likeness (QED) is 0.424. The van der Waals surface area contributed by atoms with Gasteiger partial charge in [0, 0.05) is 145 Å². The van der Waals surface area contributed by atoms with Crippen molar-refractivity contribution < 1.29 is 155 Å². The van der Waals surface area contributed by atoms with Crippen molar-refractivity contribution in [1.82, 2.24) is 0 Å². The molecule has 0 aliphatic heterocycles. The van der Waals surface area contributed by atoms with Crippen LogP contribution in [0.2, 0.25) is 0 Å². The fraction of sp³-hybridized carbons (Fsp3) is 0.600. The van der Waals surface area contributed by atoms with E-state index in [0.717, 1.165) is 12.8 Å². The zero-order valence-corrected chi connectivity index (χ0v) is 25.2. The van der Waals surface area contributed by atoms with Crippen LogP contribution in [-0.4, -0.2) is 22.4 Å². The molecule has 0 saturated heterocycles. The molecule has 0 bridgehead atoms. The zero-order valence-electron chi connectivity index (χ0n) is 10.9. The Morgan fingerprint density at radius 1 is 0.833 bits per heavy atom. The maximum Gasteiger partial charge on any atom is 0 e. The van der Waals surface area contributed by atoms with Crippen molar-refractivity contribution in [2.75, 3.05) is 0 Å². The number of hydrogen-bond acceptors (Lipinski definition) is 2. The van der Waals surface area contributed by atoms with Crippen LogP contribution in [-0.2, 0) is 145 Å². The predicted octanol–water partition coefficient (Wildman–Crippen LogP) is 1.58. The van der Waals surface area contributed by atoms with E-state index in [1.807, 2.05) is 13.8 Å². The zero-order chi connectivity index (χ0) is 9.98. The maximum absolute atomic E-state index is 8.39. The number of aliphatic hydroxyl groups is 2. The first-order valence-corrected chi connectivity index (χ1v) is 4.23. The van der Waals surface area contributed by atoms with Gasteiger partial charge >= 0.3 is 0 Å². The summed E-state index contributed by atoms with van der Waals surface area (Å²) in [7, 11) is 0. The molecule has 0 aromatic heterocycles. The maximum atomic E-state index is 8.39. The number of rotatable bonds is 4. The van der Waals surface area contributed by atoms with Crippen molar-refractivity contribution in [1.29, 1.82) is 0 Å². The van der Waals surface area contributed by atoms with E-state index in [2.05, 4.69) is 13.8 Å². The van der Waals surface area contributed by atoms with Gasteiger partial charge in [0.05, 0.1) is 0 Å². The van der Waals surface area contributed by atoms with Gasteiger partial charge in [-0.3, -0.25) is 0 Å². The first-order chi connectivity index (χ1) is 5.54. The molecule has 2 atom stereocenters. The van der Waals surface area contributed by atoms with Crippen LogP contribution >= 0.6 is 0 Å². The molecular formula is C10H20O2V2W2Y2-4. The third kappa shape index (κ3) is 70.2. The molecule has 0 amide bonds. The summed E-state index contributed by atoms with van der Waals surface area (Å²) in [5, 5.41) is 16.8. The summed E-state index contributed by atoms with van der Waals surface area (Å²) in [6, 6.07) is 0. The van der Waals surface area contributed by atoms with Gasteiger partial charge in [-0.15, -0.1) is 0 Å². The van der Waals surface area contributed by atoms with Crippen LogP contribution in [0.5, 0.6) is 0 Å². The first-order valence-electron chi connectivity index (χ1n) is 4.23. The molecule has 0 aromatic rings. The summed E-state index contributed by atoms with van der Waals surface area (Å²) in [5.41, 5.74) is 0. The Labute approximate surface area is 216 Å². The second kappa shape index (κ2) is 43.0. The van der Waals surface area contributed by atoms with Gasteiger partial charge in [-0.2, -0.15) is 25.0 Å². The normalized spacial score (nSPS) is 9.67. The van der Waals surface area contributed by atoms with Crippen LogP contribution in [0, 0.1) is 26.7 Å². The van der Waals surface area contributed by atoms with Crippen LogP contribution in [0.25, 0.3) is 0 Å². The standard InChI is InChI=1S/2C5H10O.2V.2W.2Y/c2*1-3-4-5(2)6;;;;;;/h2*4-6H,2-3H2,1H3;;;;;;/q2*-2;;;;;;. The summed E-state index contributed by atoms with van der Waals surface area (Å²) < 4.78 is 0. The minimum absolute atomic E-state index is 0. The molecule has 18 heavy (non-hydrogen) atoms. The van der Waals surface area contributed by atoms with Gasteiger partial charge in [0.25, 0.3) is 0 Å². The monoisotopic (exact) mass is 820 g/mol. The SMILES string of the molecule is [CH2-]C(O)[CH-]CC.[CH2-]C(O)[CH-]CC.[V].[V].[W].[W].[Y].[Y]. The Balaban J connectivity index is -0.0000000139. The predicted molar refractivity (Wildman–Crippen MR) is 51.9 cm³/mol. The van der Waals surface area contributed by atoms with Crippen molar-refractivity contribution in [3.05, 3.63) is 26.7 Å². The summed E-state index contributed by atoms with van der Waals surface area (Å²) in [6.45, 7) is 10.6. The van der Waals surface area contributed by atoms with E-state index in [9.17, 15) is 0 Å². The van der Waals surface area contributed by atoms with E-state index in [1.165, 1.54) is 0 Å². The second-order valence-electron chi connectivity index (χ2n) is 2.42. The van der Waals surface area contributed by atoms with Crippen molar-refractivity contribution in [2.24, 2.45) is 0 Å². The summed E-state index contributed by atoms with van der Waals surface area (Å²) in [5.74, 6) is 0. The van der Waals surface area contributed by atoms with Crippen LogP contribution < -0.4 is 0 Å². The molecule has 0 fully saturated rings. The molecule has 0 heterocycles. The minimum atomic E-state index is -0.477. The molecule has 2 unspecified atom stereocenters. The van der Waals surface area contributed by atoms with E-state index in [-0.39, 0.29) is 145 Å². The Bertz CT molecular complexity index is 86.3. The smallest absolute Gasteiger partial charge is 0 e. The van der Waals surface area contributed by atoms with Gasteiger partial charge in [-0.05, 0) is 0 Å². The molecular weight excluding hydrogens is 799 g/mol. The summed E-state index contributed by atoms with van der Waals surface area (Å²) in [6.07, 6.45) is 4.31. The van der Waals surface area contributed by atoms with Crippen LogP contribution in [0.15, 0.2) is 0 Å². The third-order valence-corrected chi connectivity index (χ3v) is 1.02. The molecule has 0 aliphatic rings. The van der Waals surface area contributed by atoms with Gasteiger partial charge in [0.15, 0.2) is 0 Å². The average molecular weight is 820 g/mol. The third-order valence-electron chi connectivity index (χ3n) is 1.02. The molecule has 0 saturated carbocycles. The minimum Gasteiger partial charge on any atom is -0.456 e. The largest absolute Gasteiger partial charge is 0.456 e. The van der Waals surface area contributed by atoms with Crippen molar-refractivity contribution >= 4 is 0 Å². The molecule has 104 valence electrons. The van der Waals surface area contributed by atoms with Crippen LogP contribution in [0.3, 0.4) is 0 Å². The van der Waals surface area contributed by atoms with E-state index in [0.29, 0.717) is 0 Å². The second-order valence-corrected chi connectivity index (χ2v) is 2.42. The van der Waals surface area contributed by atoms with Gasteiger partial charge in [0.1, 0.15) is 0 Å². The number of hydrogen-bond donors (Lipinski definition) is 2. The summed E-state index contributed by atoms with van der Waals surface area (Å²) >= 11 is 0. The molecule has 2 N–H and O–H groups in total. The molecule has 2 nitrogen and oxygen atoms in total. The van der Waals surface area contributed by atoms with E-state index < -0.39 is 12.2 Å². The van der Waals surface area contributed by atoms with Gasteiger partial charge in [-0.1, -0.05) is 13.8 Å². The summed E-state index contributed by atoms with van der Waals surface area (Å²) in [4.78, 5) is 0. The Morgan fingerprint density at radius 2 is 1.00 bits per heavy atom. The molecule has 0 aliphatic carbocycles. The fourth-order valence-electron chi connectivity index (χ4n) is 0.544. The van der Waals surface area contributed by atoms with Gasteiger partial charge < -0.3 is 36.9 Å². The van der Waals surface area contributed by atoms with Crippen LogP contribution in [0.4, 0.5) is 0 Å². The van der Waals surface area contributed by atoms with E-state index in [1.54, 1.807) is 12.8 Å². The van der Waals surface area contributed by atoms with E-state index in [4.69, 9.17) is 10.2 Å². The molecule has 4 radical (unpaired) electrons. The molecule has 0 rings (SSSR count). The average Bonchev–Trinajstić information content (AvgIpc) is 1.87. The Morgan fingerprint density at radius 3 is 1.00 bits per heavy atom. The number of aliphatic hydroxyl groups excluding tert-OH is 2. The van der Waals surface area contributed by atoms with Crippen LogP contribution in [0.1, 0.15) is 26.7 Å². The Kier molecular flexibility index (Phi) is 118. The molecule has 8 heteroatoms. The first kappa shape index (κ1) is 49.5. The van der Waals surface area contributed by atoms with Crippen molar-refractivity contribution in [3.8, 4) is 0 Å². The Hall–Kier alpha value is 4.67. The van der Waals surface area contributed by atoms with E-state index >= 15 is 0 Å². The van der Waals surface area contributed by atoms with Crippen molar-refractivity contribution in [2.45, 2.75) is 38.9 Å². The van der Waals surface area contributed by atoms with Crippen molar-refractivity contribution in [3.63, 3.8) is 0 Å². The molecule has 0 aromatic carbocycles. The van der Waals surface area contributed by atoms with Gasteiger partial charge in [0.2, 0.25) is 0 Å². The van der Waals surface area contributed by atoms with Gasteiger partial charge in [-0.25, -0.2) is 0 Å².